The van der Waals surface area contributed by atoms with E-state index in [0.717, 1.165) is 12.8 Å². The zero-order valence-corrected chi connectivity index (χ0v) is 13.2. The van der Waals surface area contributed by atoms with Crippen molar-refractivity contribution in [3.8, 4) is 5.69 Å². The van der Waals surface area contributed by atoms with Gasteiger partial charge in [-0.25, -0.2) is 9.48 Å². The lowest BCUT2D eigenvalue weighted by atomic mass is 10.1. The number of aliphatic carboxylic acids is 1. The maximum absolute atomic E-state index is 12.2. The molecule has 1 aromatic heterocycles. The van der Waals surface area contributed by atoms with Crippen LogP contribution in [0.25, 0.3) is 5.69 Å². The highest BCUT2D eigenvalue weighted by Gasteiger charge is 2.30. The van der Waals surface area contributed by atoms with E-state index < -0.39 is 22.8 Å². The van der Waals surface area contributed by atoms with E-state index in [2.05, 4.69) is 10.4 Å². The molecule has 0 spiro atoms. The molecule has 130 valence electrons. The number of hydrogen-bond acceptors (Lipinski definition) is 5. The van der Waals surface area contributed by atoms with Crippen LogP contribution in [0.15, 0.2) is 36.7 Å². The molecule has 9 heteroatoms. The lowest BCUT2D eigenvalue weighted by molar-refractivity contribution is -0.384. The van der Waals surface area contributed by atoms with Crippen LogP contribution in [0.4, 0.5) is 5.69 Å². The van der Waals surface area contributed by atoms with E-state index in [1.54, 1.807) is 0 Å². The van der Waals surface area contributed by atoms with Gasteiger partial charge >= 0.3 is 5.97 Å². The topological polar surface area (TPSA) is 127 Å². The van der Waals surface area contributed by atoms with Crippen LogP contribution in [0, 0.1) is 16.0 Å². The summed E-state index contributed by atoms with van der Waals surface area (Å²) in [5.74, 6) is -1.20. The Balaban J connectivity index is 1.70. The van der Waals surface area contributed by atoms with Gasteiger partial charge < -0.3 is 10.4 Å². The SMILES string of the molecule is O=C(NC(CC1CC1)C(=O)O)c1cnn(-c2ccc([N+](=O)[O-])cc2)c1. The molecule has 0 aliphatic heterocycles. The maximum atomic E-state index is 12.2. The number of carbonyl (C=O) groups is 2. The zero-order chi connectivity index (χ0) is 18.0. The minimum atomic E-state index is -1.05. The molecule has 1 heterocycles. The first kappa shape index (κ1) is 16.6. The Hall–Kier alpha value is -3.23. The number of nitro groups is 1. The maximum Gasteiger partial charge on any atom is 0.326 e. The predicted octanol–water partition coefficient (Wildman–Crippen LogP) is 1.76. The zero-order valence-electron chi connectivity index (χ0n) is 13.2. The number of nitrogens with one attached hydrogen (secondary N) is 1. The summed E-state index contributed by atoms with van der Waals surface area (Å²) in [7, 11) is 0. The van der Waals surface area contributed by atoms with Crippen molar-refractivity contribution in [2.75, 3.05) is 0 Å². The van der Waals surface area contributed by atoms with Crippen LogP contribution < -0.4 is 5.32 Å². The van der Waals surface area contributed by atoms with Crippen LogP contribution in [0.3, 0.4) is 0 Å². The summed E-state index contributed by atoms with van der Waals surface area (Å²) in [5.41, 5.74) is 0.732. The van der Waals surface area contributed by atoms with Gasteiger partial charge in [-0.1, -0.05) is 12.8 Å². The lowest BCUT2D eigenvalue weighted by Gasteiger charge is -2.13. The molecule has 0 radical (unpaired) electrons. The number of carbonyl (C=O) groups excluding carboxylic acids is 1. The summed E-state index contributed by atoms with van der Waals surface area (Å²) in [6.07, 6.45) is 5.20. The second kappa shape index (κ2) is 6.71. The van der Waals surface area contributed by atoms with Crippen LogP contribution in [0.1, 0.15) is 29.6 Å². The van der Waals surface area contributed by atoms with Crippen molar-refractivity contribution in [2.45, 2.75) is 25.3 Å². The first-order chi connectivity index (χ1) is 11.9. The van der Waals surface area contributed by atoms with Gasteiger partial charge in [0.05, 0.1) is 22.4 Å². The Morgan fingerprint density at radius 2 is 2.04 bits per heavy atom. The van der Waals surface area contributed by atoms with Crippen molar-refractivity contribution in [1.29, 1.82) is 0 Å². The average molecular weight is 344 g/mol. The molecule has 0 bridgehead atoms. The van der Waals surface area contributed by atoms with Crippen LogP contribution in [0.2, 0.25) is 0 Å². The Morgan fingerprint density at radius 1 is 1.36 bits per heavy atom. The Labute approximate surface area is 142 Å². The number of carboxylic acids is 1. The van der Waals surface area contributed by atoms with E-state index >= 15 is 0 Å². The van der Waals surface area contributed by atoms with Crippen molar-refractivity contribution < 1.29 is 19.6 Å². The molecule has 3 rings (SSSR count). The largest absolute Gasteiger partial charge is 0.480 e. The Morgan fingerprint density at radius 3 is 2.60 bits per heavy atom. The smallest absolute Gasteiger partial charge is 0.326 e. The fraction of sp³-hybridized carbons (Fsp3) is 0.312. The first-order valence-electron chi connectivity index (χ1n) is 7.77. The van der Waals surface area contributed by atoms with Gasteiger partial charge in [0.15, 0.2) is 0 Å². The van der Waals surface area contributed by atoms with Gasteiger partial charge in [0.2, 0.25) is 0 Å². The third kappa shape index (κ3) is 4.00. The van der Waals surface area contributed by atoms with Gasteiger partial charge in [-0.2, -0.15) is 5.10 Å². The molecule has 2 aromatic rings. The molecule has 9 nitrogen and oxygen atoms in total. The third-order valence-electron chi connectivity index (χ3n) is 4.04. The molecule has 1 aliphatic carbocycles. The van der Waals surface area contributed by atoms with Crippen LogP contribution >= 0.6 is 0 Å². The van der Waals surface area contributed by atoms with Crippen molar-refractivity contribution >= 4 is 17.6 Å². The quantitative estimate of drug-likeness (QED) is 0.582. The third-order valence-corrected chi connectivity index (χ3v) is 4.04. The molecule has 1 aliphatic rings. The number of carboxylic acid groups (broad SMARTS) is 1. The Bertz CT molecular complexity index is 810. The predicted molar refractivity (Wildman–Crippen MR) is 86.4 cm³/mol. The number of rotatable bonds is 7. The molecule has 1 amide bonds. The van der Waals surface area contributed by atoms with E-state index in [1.165, 1.54) is 41.3 Å². The number of hydrogen-bond donors (Lipinski definition) is 2. The van der Waals surface area contributed by atoms with E-state index in [1.807, 2.05) is 0 Å². The normalized spacial score (nSPS) is 14.7. The summed E-state index contributed by atoms with van der Waals surface area (Å²) in [4.78, 5) is 33.6. The van der Waals surface area contributed by atoms with Gasteiger partial charge in [0, 0.05) is 18.3 Å². The first-order valence-corrected chi connectivity index (χ1v) is 7.77. The highest BCUT2D eigenvalue weighted by Crippen LogP contribution is 2.33. The molecular formula is C16H16N4O5. The van der Waals surface area contributed by atoms with Gasteiger partial charge in [0.25, 0.3) is 11.6 Å². The van der Waals surface area contributed by atoms with Crippen molar-refractivity contribution in [1.82, 2.24) is 15.1 Å². The Kier molecular flexibility index (Phi) is 4.46. The van der Waals surface area contributed by atoms with E-state index in [-0.39, 0.29) is 11.3 Å². The highest BCUT2D eigenvalue weighted by molar-refractivity contribution is 5.96. The molecule has 0 saturated heterocycles. The number of amides is 1. The second-order valence-corrected chi connectivity index (χ2v) is 5.99. The molecule has 1 fully saturated rings. The fourth-order valence-electron chi connectivity index (χ4n) is 2.46. The summed E-state index contributed by atoms with van der Waals surface area (Å²) >= 11 is 0. The van der Waals surface area contributed by atoms with Crippen molar-refractivity contribution in [3.05, 3.63) is 52.3 Å². The molecule has 1 atom stereocenters. The van der Waals surface area contributed by atoms with Crippen LogP contribution in [-0.4, -0.2) is 37.7 Å². The summed E-state index contributed by atoms with van der Waals surface area (Å²) in [6.45, 7) is 0. The standard InChI is InChI=1S/C16H16N4O5/c21-15(18-14(16(22)23)7-10-1-2-10)11-8-17-19(9-11)12-3-5-13(6-4-12)20(24)25/h3-6,8-10,14H,1-2,7H2,(H,18,21)(H,22,23). The van der Waals surface area contributed by atoms with Crippen LogP contribution in [0.5, 0.6) is 0 Å². The summed E-state index contributed by atoms with van der Waals surface area (Å²) in [6, 6.07) is 4.79. The number of nitro benzene ring substituents is 1. The molecule has 1 aromatic carbocycles. The fourth-order valence-corrected chi connectivity index (χ4v) is 2.46. The average Bonchev–Trinajstić information content (AvgIpc) is 3.26. The molecular weight excluding hydrogens is 328 g/mol. The molecule has 1 saturated carbocycles. The molecule has 1 unspecified atom stereocenters. The van der Waals surface area contributed by atoms with Crippen molar-refractivity contribution in [3.63, 3.8) is 0 Å². The monoisotopic (exact) mass is 344 g/mol. The number of non-ortho nitro benzene ring substituents is 1. The summed E-state index contributed by atoms with van der Waals surface area (Å²) in [5, 5.41) is 26.4. The highest BCUT2D eigenvalue weighted by atomic mass is 16.6. The van der Waals surface area contributed by atoms with Crippen LogP contribution in [-0.2, 0) is 4.79 Å². The summed E-state index contributed by atoms with van der Waals surface area (Å²) < 4.78 is 1.40. The molecule has 25 heavy (non-hydrogen) atoms. The second-order valence-electron chi connectivity index (χ2n) is 5.99. The van der Waals surface area contributed by atoms with E-state index in [4.69, 9.17) is 0 Å². The minimum absolute atomic E-state index is 0.0433. The van der Waals surface area contributed by atoms with E-state index in [0.29, 0.717) is 18.0 Å². The van der Waals surface area contributed by atoms with E-state index in [9.17, 15) is 24.8 Å². The number of aromatic nitrogens is 2. The molecule has 2 N–H and O–H groups in total. The van der Waals surface area contributed by atoms with Crippen molar-refractivity contribution in [2.24, 2.45) is 5.92 Å². The lowest BCUT2D eigenvalue weighted by Crippen LogP contribution is -2.41. The van der Waals surface area contributed by atoms with Gasteiger partial charge in [-0.3, -0.25) is 14.9 Å². The number of benzene rings is 1. The van der Waals surface area contributed by atoms with Gasteiger partial charge in [0.1, 0.15) is 6.04 Å². The van der Waals surface area contributed by atoms with Gasteiger partial charge in [-0.05, 0) is 24.5 Å². The van der Waals surface area contributed by atoms with Gasteiger partial charge in [-0.15, -0.1) is 0 Å². The minimum Gasteiger partial charge on any atom is -0.480 e. The number of nitrogens with zero attached hydrogens (tertiary/aromatic N) is 3.